The van der Waals surface area contributed by atoms with Crippen molar-refractivity contribution in [3.63, 3.8) is 0 Å². The lowest BCUT2D eigenvalue weighted by Gasteiger charge is -2.24. The van der Waals surface area contributed by atoms with Crippen molar-refractivity contribution in [1.29, 1.82) is 0 Å². The predicted octanol–water partition coefficient (Wildman–Crippen LogP) is 0.273. The number of esters is 1. The lowest BCUT2D eigenvalue weighted by molar-refractivity contribution is -0.148. The van der Waals surface area contributed by atoms with Gasteiger partial charge in [-0.05, 0) is 12.2 Å². The van der Waals surface area contributed by atoms with Crippen molar-refractivity contribution in [1.82, 2.24) is 0 Å². The normalized spacial score (nSPS) is 31.5. The molecule has 4 heteroatoms. The quantitative estimate of drug-likeness (QED) is 0.583. The number of aliphatic hydroxyl groups excluding tert-OH is 1. The molecule has 11 heavy (non-hydrogen) atoms. The zero-order valence-corrected chi connectivity index (χ0v) is 7.26. The van der Waals surface area contributed by atoms with Crippen LogP contribution in [-0.4, -0.2) is 35.8 Å². The molecule has 0 bridgehead atoms. The number of hydrogen-bond donors (Lipinski definition) is 1. The van der Waals surface area contributed by atoms with Crippen LogP contribution in [0.1, 0.15) is 6.42 Å². The van der Waals surface area contributed by atoms with Gasteiger partial charge in [-0.25, -0.2) is 0 Å². The maximum absolute atomic E-state index is 11.0. The molecule has 0 aromatic carbocycles. The van der Waals surface area contributed by atoms with Gasteiger partial charge in [-0.1, -0.05) is 0 Å². The Hall–Kier alpha value is -0.220. The number of aliphatic hydroxyl groups is 1. The summed E-state index contributed by atoms with van der Waals surface area (Å²) in [5.41, 5.74) is 0. The molecular weight excluding hydrogens is 164 g/mol. The third-order valence-electron chi connectivity index (χ3n) is 1.82. The highest BCUT2D eigenvalue weighted by atomic mass is 32.2. The topological polar surface area (TPSA) is 46.5 Å². The van der Waals surface area contributed by atoms with Crippen LogP contribution < -0.4 is 0 Å². The van der Waals surface area contributed by atoms with Gasteiger partial charge in [0.1, 0.15) is 0 Å². The Morgan fingerprint density at radius 1 is 1.73 bits per heavy atom. The minimum atomic E-state index is -0.497. The fraction of sp³-hybridized carbons (Fsp3) is 0.857. The first-order chi connectivity index (χ1) is 5.25. The molecular formula is C7H12O3S. The molecule has 1 aliphatic heterocycles. The SMILES string of the molecule is COC(=O)[C@H]1CSCC[C@@H]1O. The number of rotatable bonds is 1. The molecule has 0 aromatic rings. The van der Waals surface area contributed by atoms with Crippen LogP contribution in [0.15, 0.2) is 0 Å². The molecule has 1 fully saturated rings. The van der Waals surface area contributed by atoms with Gasteiger partial charge < -0.3 is 9.84 Å². The third-order valence-corrected chi connectivity index (χ3v) is 2.94. The van der Waals surface area contributed by atoms with Crippen molar-refractivity contribution >= 4 is 17.7 Å². The third kappa shape index (κ3) is 2.10. The first kappa shape index (κ1) is 8.87. The molecule has 1 rings (SSSR count). The van der Waals surface area contributed by atoms with Crippen molar-refractivity contribution in [3.8, 4) is 0 Å². The minimum absolute atomic E-state index is 0.287. The average Bonchev–Trinajstić information content (AvgIpc) is 2.04. The fourth-order valence-electron chi connectivity index (χ4n) is 1.10. The van der Waals surface area contributed by atoms with Gasteiger partial charge in [0.05, 0.1) is 19.1 Å². The van der Waals surface area contributed by atoms with Crippen molar-refractivity contribution in [2.24, 2.45) is 5.92 Å². The fourth-order valence-corrected chi connectivity index (χ4v) is 2.29. The molecule has 0 spiro atoms. The molecule has 0 aliphatic carbocycles. The summed E-state index contributed by atoms with van der Waals surface area (Å²) in [6.45, 7) is 0. The van der Waals surface area contributed by atoms with Gasteiger partial charge in [-0.15, -0.1) is 0 Å². The summed E-state index contributed by atoms with van der Waals surface area (Å²) in [7, 11) is 1.36. The number of methoxy groups -OCH3 is 1. The second kappa shape index (κ2) is 3.97. The molecule has 0 radical (unpaired) electrons. The highest BCUT2D eigenvalue weighted by Crippen LogP contribution is 2.23. The molecule has 0 unspecified atom stereocenters. The smallest absolute Gasteiger partial charge is 0.312 e. The van der Waals surface area contributed by atoms with E-state index in [1.165, 1.54) is 7.11 Å². The van der Waals surface area contributed by atoms with Gasteiger partial charge in [0, 0.05) is 5.75 Å². The number of ether oxygens (including phenoxy) is 1. The Kier molecular flexibility index (Phi) is 3.20. The van der Waals surface area contributed by atoms with Crippen LogP contribution in [0.25, 0.3) is 0 Å². The summed E-state index contributed by atoms with van der Waals surface area (Å²) in [6, 6.07) is 0. The van der Waals surface area contributed by atoms with E-state index in [9.17, 15) is 9.90 Å². The van der Waals surface area contributed by atoms with Crippen molar-refractivity contribution in [2.75, 3.05) is 18.6 Å². The predicted molar refractivity (Wildman–Crippen MR) is 43.5 cm³/mol. The molecule has 1 N–H and O–H groups in total. The molecule has 0 aromatic heterocycles. The Morgan fingerprint density at radius 3 is 3.00 bits per heavy atom. The van der Waals surface area contributed by atoms with E-state index in [1.54, 1.807) is 11.8 Å². The van der Waals surface area contributed by atoms with Gasteiger partial charge in [0.25, 0.3) is 0 Å². The van der Waals surface area contributed by atoms with Crippen molar-refractivity contribution in [3.05, 3.63) is 0 Å². The summed E-state index contributed by atoms with van der Waals surface area (Å²) >= 11 is 1.69. The van der Waals surface area contributed by atoms with Crippen LogP contribution in [0.5, 0.6) is 0 Å². The minimum Gasteiger partial charge on any atom is -0.469 e. The lowest BCUT2D eigenvalue weighted by atomic mass is 10.0. The maximum atomic E-state index is 11.0. The largest absolute Gasteiger partial charge is 0.469 e. The van der Waals surface area contributed by atoms with Crippen molar-refractivity contribution < 1.29 is 14.6 Å². The molecule has 1 saturated heterocycles. The summed E-state index contributed by atoms with van der Waals surface area (Å²) in [5, 5.41) is 9.36. The van der Waals surface area contributed by atoms with Crippen LogP contribution in [0, 0.1) is 5.92 Å². The lowest BCUT2D eigenvalue weighted by Crippen LogP contribution is -2.34. The van der Waals surface area contributed by atoms with E-state index in [-0.39, 0.29) is 11.9 Å². The number of hydrogen-bond acceptors (Lipinski definition) is 4. The number of carbonyl (C=O) groups is 1. The van der Waals surface area contributed by atoms with Crippen LogP contribution in [0.4, 0.5) is 0 Å². The molecule has 1 aliphatic rings. The van der Waals surface area contributed by atoms with Gasteiger partial charge in [0.2, 0.25) is 0 Å². The summed E-state index contributed by atoms with van der Waals surface area (Å²) < 4.78 is 4.55. The average molecular weight is 176 g/mol. The van der Waals surface area contributed by atoms with E-state index < -0.39 is 6.10 Å². The van der Waals surface area contributed by atoms with E-state index in [1.807, 2.05) is 0 Å². The first-order valence-electron chi connectivity index (χ1n) is 3.59. The molecule has 3 nitrogen and oxygen atoms in total. The summed E-state index contributed by atoms with van der Waals surface area (Å²) in [6.07, 6.45) is 0.202. The highest BCUT2D eigenvalue weighted by Gasteiger charge is 2.30. The Bertz CT molecular complexity index is 149. The van der Waals surface area contributed by atoms with E-state index in [4.69, 9.17) is 0 Å². The van der Waals surface area contributed by atoms with Gasteiger partial charge in [-0.3, -0.25) is 4.79 Å². The molecule has 1 heterocycles. The zero-order chi connectivity index (χ0) is 8.27. The first-order valence-corrected chi connectivity index (χ1v) is 4.75. The Morgan fingerprint density at radius 2 is 2.45 bits per heavy atom. The van der Waals surface area contributed by atoms with Crippen LogP contribution in [-0.2, 0) is 9.53 Å². The molecule has 64 valence electrons. The maximum Gasteiger partial charge on any atom is 0.312 e. The van der Waals surface area contributed by atoms with E-state index in [0.29, 0.717) is 12.2 Å². The van der Waals surface area contributed by atoms with Crippen LogP contribution >= 0.6 is 11.8 Å². The van der Waals surface area contributed by atoms with Crippen molar-refractivity contribution in [2.45, 2.75) is 12.5 Å². The Balaban J connectivity index is 2.47. The van der Waals surface area contributed by atoms with Gasteiger partial charge >= 0.3 is 5.97 Å². The standard InChI is InChI=1S/C7H12O3S/c1-10-7(9)5-4-11-3-2-6(5)8/h5-6,8H,2-4H2,1H3/t5-,6-/m0/s1. The molecule has 0 amide bonds. The van der Waals surface area contributed by atoms with E-state index >= 15 is 0 Å². The summed E-state index contributed by atoms with van der Waals surface area (Å²) in [5.74, 6) is 1.03. The number of thioether (sulfide) groups is 1. The molecule has 0 saturated carbocycles. The van der Waals surface area contributed by atoms with Gasteiger partial charge in [-0.2, -0.15) is 11.8 Å². The van der Waals surface area contributed by atoms with E-state index in [2.05, 4.69) is 4.74 Å². The van der Waals surface area contributed by atoms with Crippen LogP contribution in [0.2, 0.25) is 0 Å². The Labute approximate surface area is 70.1 Å². The summed E-state index contributed by atoms with van der Waals surface area (Å²) in [4.78, 5) is 11.0. The van der Waals surface area contributed by atoms with E-state index in [0.717, 1.165) is 5.75 Å². The second-order valence-corrected chi connectivity index (χ2v) is 3.71. The van der Waals surface area contributed by atoms with Gasteiger partial charge in [0.15, 0.2) is 0 Å². The monoisotopic (exact) mass is 176 g/mol. The highest BCUT2D eigenvalue weighted by molar-refractivity contribution is 7.99. The van der Waals surface area contributed by atoms with Crippen LogP contribution in [0.3, 0.4) is 0 Å². The molecule has 2 atom stereocenters. The zero-order valence-electron chi connectivity index (χ0n) is 6.45. The number of carbonyl (C=O) groups excluding carboxylic acids is 1. The second-order valence-electron chi connectivity index (χ2n) is 2.56.